The fourth-order valence-electron chi connectivity index (χ4n) is 7.93. The first-order chi connectivity index (χ1) is 17.6. The van der Waals surface area contributed by atoms with Crippen molar-refractivity contribution in [1.29, 1.82) is 0 Å². The number of benzene rings is 1. The van der Waals surface area contributed by atoms with Crippen molar-refractivity contribution < 1.29 is 19.1 Å². The quantitative estimate of drug-likeness (QED) is 0.643. The molecule has 5 aliphatic heterocycles. The Morgan fingerprint density at radius 2 is 1.69 bits per heavy atom. The molecule has 36 heavy (non-hydrogen) atoms. The number of likely N-dealkylation sites (tertiary alicyclic amines) is 1. The number of ether oxygens (including phenoxy) is 2. The number of hydrogen-bond donors (Lipinski definition) is 0. The summed E-state index contributed by atoms with van der Waals surface area (Å²) in [4.78, 5) is 33.0. The number of hydrogen-bond acceptors (Lipinski definition) is 5. The number of piperidine rings is 2. The fraction of sp³-hybridized carbons (Fsp3) is 0.724. The molecule has 2 unspecified atom stereocenters. The lowest BCUT2D eigenvalue weighted by molar-refractivity contribution is -0.135. The molecule has 2 bridgehead atoms. The minimum absolute atomic E-state index is 0.0716. The van der Waals surface area contributed by atoms with Crippen LogP contribution in [0.3, 0.4) is 0 Å². The van der Waals surface area contributed by atoms with E-state index in [-0.39, 0.29) is 23.5 Å². The molecular formula is C29H39N3O4. The molecule has 7 rings (SSSR count). The molecule has 1 aromatic rings. The fourth-order valence-corrected chi connectivity index (χ4v) is 7.93. The standard InChI is InChI=1S/C29H39N3O4/c33-27(20-5-6-20)31-17-21-3-1-2-4-26(21)29(19-31)10-12-30(13-11-29)24-15-22-7-8-23(16-24)32(22)28(34)36-25-9-14-35-18-25/h1-4,20,22-25H,5-19H2/t22?,23?,24?,25-/m0/s1. The topological polar surface area (TPSA) is 62.3 Å². The van der Waals surface area contributed by atoms with E-state index in [1.54, 1.807) is 0 Å². The Hall–Kier alpha value is -2.12. The maximum absolute atomic E-state index is 13.0. The second-order valence-electron chi connectivity index (χ2n) is 12.2. The van der Waals surface area contributed by atoms with Crippen LogP contribution >= 0.6 is 0 Å². The first-order valence-electron chi connectivity index (χ1n) is 14.3. The van der Waals surface area contributed by atoms with Crippen LogP contribution in [0.4, 0.5) is 4.79 Å². The largest absolute Gasteiger partial charge is 0.444 e. The Kier molecular flexibility index (Phi) is 5.77. The molecule has 7 nitrogen and oxygen atoms in total. The summed E-state index contributed by atoms with van der Waals surface area (Å²) in [6.07, 6.45) is 9.30. The summed E-state index contributed by atoms with van der Waals surface area (Å²) in [5.74, 6) is 0.659. The van der Waals surface area contributed by atoms with Gasteiger partial charge in [-0.05, 0) is 75.6 Å². The number of nitrogens with zero attached hydrogens (tertiary/aromatic N) is 3. The summed E-state index contributed by atoms with van der Waals surface area (Å²) in [6.45, 7) is 5.05. The Labute approximate surface area is 214 Å². The zero-order valence-corrected chi connectivity index (χ0v) is 21.3. The van der Waals surface area contributed by atoms with E-state index in [9.17, 15) is 9.59 Å². The van der Waals surface area contributed by atoms with E-state index >= 15 is 0 Å². The highest BCUT2D eigenvalue weighted by Gasteiger charge is 2.49. The van der Waals surface area contributed by atoms with Gasteiger partial charge in [0.15, 0.2) is 0 Å². The van der Waals surface area contributed by atoms with Gasteiger partial charge in [0.25, 0.3) is 0 Å². The molecule has 1 aliphatic carbocycles. The third-order valence-electron chi connectivity index (χ3n) is 10.0. The van der Waals surface area contributed by atoms with Gasteiger partial charge in [-0.25, -0.2) is 4.79 Å². The molecule has 0 N–H and O–H groups in total. The average Bonchev–Trinajstić information content (AvgIpc) is 3.56. The minimum atomic E-state index is -0.117. The molecule has 1 saturated carbocycles. The van der Waals surface area contributed by atoms with E-state index < -0.39 is 0 Å². The lowest BCUT2D eigenvalue weighted by Gasteiger charge is -2.51. The van der Waals surface area contributed by atoms with Gasteiger partial charge in [0.05, 0.1) is 13.2 Å². The number of amides is 2. The number of carbonyl (C=O) groups excluding carboxylic acids is 2. The van der Waals surface area contributed by atoms with Crippen molar-refractivity contribution in [3.63, 3.8) is 0 Å². The monoisotopic (exact) mass is 493 g/mol. The van der Waals surface area contributed by atoms with Crippen LogP contribution < -0.4 is 0 Å². The number of fused-ring (bicyclic) bond motifs is 4. The van der Waals surface area contributed by atoms with Gasteiger partial charge in [-0.2, -0.15) is 0 Å². The van der Waals surface area contributed by atoms with E-state index in [1.165, 1.54) is 11.1 Å². The van der Waals surface area contributed by atoms with E-state index in [0.717, 1.165) is 84.0 Å². The molecule has 5 heterocycles. The maximum atomic E-state index is 13.0. The van der Waals surface area contributed by atoms with Crippen LogP contribution in [0.1, 0.15) is 68.9 Å². The van der Waals surface area contributed by atoms with E-state index in [1.807, 2.05) is 0 Å². The van der Waals surface area contributed by atoms with Gasteiger partial charge < -0.3 is 24.2 Å². The molecular weight excluding hydrogens is 454 g/mol. The average molecular weight is 494 g/mol. The Morgan fingerprint density at radius 1 is 0.944 bits per heavy atom. The lowest BCUT2D eigenvalue weighted by atomic mass is 9.68. The van der Waals surface area contributed by atoms with Crippen molar-refractivity contribution in [2.45, 2.75) is 94.0 Å². The summed E-state index contributed by atoms with van der Waals surface area (Å²) >= 11 is 0. The summed E-state index contributed by atoms with van der Waals surface area (Å²) in [5, 5.41) is 0. The van der Waals surface area contributed by atoms with Gasteiger partial charge in [0.1, 0.15) is 6.10 Å². The van der Waals surface area contributed by atoms with Crippen LogP contribution in [-0.2, 0) is 26.2 Å². The molecule has 2 amide bonds. The molecule has 4 saturated heterocycles. The summed E-state index contributed by atoms with van der Waals surface area (Å²) in [5.41, 5.74) is 2.92. The van der Waals surface area contributed by atoms with Gasteiger partial charge in [-0.1, -0.05) is 24.3 Å². The zero-order valence-electron chi connectivity index (χ0n) is 21.3. The Balaban J connectivity index is 1.02. The van der Waals surface area contributed by atoms with Gasteiger partial charge in [-0.3, -0.25) is 4.79 Å². The summed E-state index contributed by atoms with van der Waals surface area (Å²) < 4.78 is 11.2. The highest BCUT2D eigenvalue weighted by molar-refractivity contribution is 5.81. The highest BCUT2D eigenvalue weighted by atomic mass is 16.6. The number of rotatable bonds is 3. The molecule has 0 aromatic heterocycles. The second kappa shape index (κ2) is 9.02. The van der Waals surface area contributed by atoms with Crippen LogP contribution in [-0.4, -0.2) is 83.8 Å². The normalized spacial score (nSPS) is 33.6. The van der Waals surface area contributed by atoms with Crippen molar-refractivity contribution >= 4 is 12.0 Å². The molecule has 3 atom stereocenters. The maximum Gasteiger partial charge on any atom is 0.410 e. The van der Waals surface area contributed by atoms with E-state index in [0.29, 0.717) is 37.2 Å². The van der Waals surface area contributed by atoms with Crippen molar-refractivity contribution in [2.75, 3.05) is 32.8 Å². The molecule has 7 heteroatoms. The zero-order chi connectivity index (χ0) is 24.3. The SMILES string of the molecule is O=C(C1CC1)N1Cc2ccccc2C2(CCN(C3CC4CCC(C3)N4C(=O)O[C@H]3CCOC3)CC2)C1. The summed E-state index contributed by atoms with van der Waals surface area (Å²) in [6, 6.07) is 10.0. The van der Waals surface area contributed by atoms with Gasteiger partial charge in [0.2, 0.25) is 5.91 Å². The van der Waals surface area contributed by atoms with Crippen LogP contribution in [0.5, 0.6) is 0 Å². The van der Waals surface area contributed by atoms with Crippen molar-refractivity contribution in [3.8, 4) is 0 Å². The minimum Gasteiger partial charge on any atom is -0.444 e. The third kappa shape index (κ3) is 4.03. The molecule has 194 valence electrons. The molecule has 1 spiro atoms. The van der Waals surface area contributed by atoms with Crippen LogP contribution in [0.2, 0.25) is 0 Å². The number of carbonyl (C=O) groups is 2. The Bertz CT molecular complexity index is 998. The van der Waals surface area contributed by atoms with Gasteiger partial charge in [-0.15, -0.1) is 0 Å². The van der Waals surface area contributed by atoms with E-state index in [4.69, 9.17) is 9.47 Å². The van der Waals surface area contributed by atoms with Crippen LogP contribution in [0.15, 0.2) is 24.3 Å². The van der Waals surface area contributed by atoms with Gasteiger partial charge in [0, 0.05) is 49.0 Å². The highest BCUT2D eigenvalue weighted by Crippen LogP contribution is 2.45. The van der Waals surface area contributed by atoms with E-state index in [2.05, 4.69) is 39.0 Å². The molecule has 5 fully saturated rings. The van der Waals surface area contributed by atoms with Crippen molar-refractivity contribution in [1.82, 2.24) is 14.7 Å². The second-order valence-corrected chi connectivity index (χ2v) is 12.2. The van der Waals surface area contributed by atoms with Crippen molar-refractivity contribution in [2.24, 2.45) is 5.92 Å². The molecule has 0 radical (unpaired) electrons. The predicted octanol–water partition coefficient (Wildman–Crippen LogP) is 3.69. The predicted molar refractivity (Wildman–Crippen MR) is 134 cm³/mol. The molecule has 1 aromatic carbocycles. The Morgan fingerprint density at radius 3 is 2.39 bits per heavy atom. The van der Waals surface area contributed by atoms with Crippen LogP contribution in [0, 0.1) is 5.92 Å². The third-order valence-corrected chi connectivity index (χ3v) is 10.0. The first-order valence-corrected chi connectivity index (χ1v) is 14.3. The van der Waals surface area contributed by atoms with Crippen molar-refractivity contribution in [3.05, 3.63) is 35.4 Å². The first kappa shape index (κ1) is 23.0. The van der Waals surface area contributed by atoms with Crippen LogP contribution in [0.25, 0.3) is 0 Å². The summed E-state index contributed by atoms with van der Waals surface area (Å²) in [7, 11) is 0. The molecule has 6 aliphatic rings. The van der Waals surface area contributed by atoms with Gasteiger partial charge >= 0.3 is 6.09 Å². The smallest absolute Gasteiger partial charge is 0.410 e. The lowest BCUT2D eigenvalue weighted by Crippen LogP contribution is -2.58.